The number of unbranched alkanes of at least 4 members (excludes halogenated alkanes) is 1. The molecule has 0 saturated carbocycles. The van der Waals surface area contributed by atoms with E-state index in [1.165, 1.54) is 11.6 Å². The smallest absolute Gasteiger partial charge is 0.330 e. The number of nitrogens with zero attached hydrogens (tertiary/aromatic N) is 1. The molecule has 118 valence electrons. The number of carbonyl (C=O) groups is 1. The van der Waals surface area contributed by atoms with Crippen LogP contribution in [0.4, 0.5) is 0 Å². The van der Waals surface area contributed by atoms with Gasteiger partial charge in [-0.15, -0.1) is 0 Å². The van der Waals surface area contributed by atoms with Crippen molar-refractivity contribution in [3.05, 3.63) is 48.6 Å². The first-order valence-electron chi connectivity index (χ1n) is 7.26. The Morgan fingerprint density at radius 2 is 1.95 bits per heavy atom. The second kappa shape index (κ2) is 10.1. The molecule has 3 nitrogen and oxygen atoms in total. The zero-order valence-electron chi connectivity index (χ0n) is 13.1. The van der Waals surface area contributed by atoms with E-state index in [-0.39, 0.29) is 10.7 Å². The third-order valence-corrected chi connectivity index (χ3v) is 3.67. The monoisotopic (exact) mass is 295 g/mol. The van der Waals surface area contributed by atoms with E-state index < -0.39 is 0 Å². The molecule has 1 unspecified atom stereocenters. The largest absolute Gasteiger partial charge is 1.00 e. The number of hydrogen-bond acceptors (Lipinski definition) is 2. The topological polar surface area (TPSA) is 26.3 Å². The van der Waals surface area contributed by atoms with Gasteiger partial charge in [0, 0.05) is 11.6 Å². The first kappa shape index (κ1) is 19.3. The van der Waals surface area contributed by atoms with E-state index in [0.29, 0.717) is 6.61 Å². The second-order valence-corrected chi connectivity index (χ2v) is 5.38. The van der Waals surface area contributed by atoms with Crippen molar-refractivity contribution in [2.45, 2.75) is 26.3 Å². The third kappa shape index (κ3) is 7.61. The zero-order chi connectivity index (χ0) is 14.8. The standard InChI is InChI=1S/C17H26NO2.FH/c1-4-17(19)20-14-10-9-13-18(3,5-2)15-16-11-7-6-8-12-16;/h4,6-8,11-12H,1,5,9-10,13-15H2,2-3H3;1H/q+1;/p-1. The number of carbonyl (C=O) groups excluding carboxylic acids is 1. The van der Waals surface area contributed by atoms with Crippen LogP contribution in [0.25, 0.3) is 0 Å². The molecule has 0 fully saturated rings. The molecule has 0 amide bonds. The molecule has 0 aliphatic carbocycles. The number of halogens is 1. The van der Waals surface area contributed by atoms with Crippen molar-refractivity contribution in [3.8, 4) is 0 Å². The summed E-state index contributed by atoms with van der Waals surface area (Å²) in [6.45, 7) is 9.33. The molecule has 0 radical (unpaired) electrons. The average Bonchev–Trinajstić information content (AvgIpc) is 2.47. The fourth-order valence-electron chi connectivity index (χ4n) is 2.20. The van der Waals surface area contributed by atoms with Crippen LogP contribution in [0.5, 0.6) is 0 Å². The van der Waals surface area contributed by atoms with Crippen LogP contribution in [0.2, 0.25) is 0 Å². The number of ether oxygens (including phenoxy) is 1. The lowest BCUT2D eigenvalue weighted by Gasteiger charge is -2.33. The van der Waals surface area contributed by atoms with Crippen LogP contribution < -0.4 is 4.70 Å². The molecule has 0 bridgehead atoms. The zero-order valence-corrected chi connectivity index (χ0v) is 13.1. The minimum Gasteiger partial charge on any atom is -1.00 e. The van der Waals surface area contributed by atoms with Gasteiger partial charge in [0.05, 0.1) is 26.7 Å². The molecule has 0 spiro atoms. The van der Waals surface area contributed by atoms with Gasteiger partial charge in [-0.25, -0.2) is 4.79 Å². The molecule has 0 aromatic heterocycles. The van der Waals surface area contributed by atoms with Gasteiger partial charge in [-0.1, -0.05) is 36.9 Å². The minimum absolute atomic E-state index is 0. The first-order valence-corrected chi connectivity index (χ1v) is 7.26. The summed E-state index contributed by atoms with van der Waals surface area (Å²) in [6.07, 6.45) is 3.17. The van der Waals surface area contributed by atoms with Gasteiger partial charge >= 0.3 is 5.97 Å². The van der Waals surface area contributed by atoms with E-state index in [1.54, 1.807) is 0 Å². The van der Waals surface area contributed by atoms with E-state index in [0.717, 1.165) is 37.0 Å². The highest BCUT2D eigenvalue weighted by Gasteiger charge is 2.19. The summed E-state index contributed by atoms with van der Waals surface area (Å²) < 4.78 is 6.01. The molecule has 4 heteroatoms. The highest BCUT2D eigenvalue weighted by Crippen LogP contribution is 2.13. The van der Waals surface area contributed by atoms with Crippen LogP contribution >= 0.6 is 0 Å². The Labute approximate surface area is 127 Å². The van der Waals surface area contributed by atoms with Crippen molar-refractivity contribution in [1.82, 2.24) is 0 Å². The number of quaternary nitrogens is 1. The number of esters is 1. The quantitative estimate of drug-likeness (QED) is 0.281. The predicted molar refractivity (Wildman–Crippen MR) is 82.1 cm³/mol. The lowest BCUT2D eigenvalue weighted by atomic mass is 10.1. The molecule has 1 aromatic rings. The molecule has 1 aromatic carbocycles. The summed E-state index contributed by atoms with van der Waals surface area (Å²) in [6, 6.07) is 10.6. The van der Waals surface area contributed by atoms with E-state index in [1.807, 2.05) is 6.07 Å². The molecule has 0 aliphatic heterocycles. The maximum Gasteiger partial charge on any atom is 0.330 e. The molecular formula is C17H26FNO2. The van der Waals surface area contributed by atoms with Crippen molar-refractivity contribution < 1.29 is 18.7 Å². The SMILES string of the molecule is C=CC(=O)OCCCC[N+](C)(CC)Cc1ccccc1.[F-]. The fourth-order valence-corrected chi connectivity index (χ4v) is 2.20. The lowest BCUT2D eigenvalue weighted by Crippen LogP contribution is -3.00. The molecule has 21 heavy (non-hydrogen) atoms. The summed E-state index contributed by atoms with van der Waals surface area (Å²) in [7, 11) is 2.28. The number of hydrogen-bond donors (Lipinski definition) is 0. The van der Waals surface area contributed by atoms with Crippen LogP contribution in [0, 0.1) is 0 Å². The van der Waals surface area contributed by atoms with Gasteiger partial charge in [0.2, 0.25) is 0 Å². The van der Waals surface area contributed by atoms with Crippen molar-refractivity contribution >= 4 is 5.97 Å². The van der Waals surface area contributed by atoms with E-state index in [2.05, 4.69) is 44.8 Å². The molecule has 0 N–H and O–H groups in total. The summed E-state index contributed by atoms with van der Waals surface area (Å²) in [4.78, 5) is 10.9. The maximum absolute atomic E-state index is 10.9. The Morgan fingerprint density at radius 3 is 2.52 bits per heavy atom. The van der Waals surface area contributed by atoms with Crippen molar-refractivity contribution in [3.63, 3.8) is 0 Å². The fraction of sp³-hybridized carbons (Fsp3) is 0.471. The Kier molecular flexibility index (Phi) is 9.30. The van der Waals surface area contributed by atoms with Crippen LogP contribution in [0.3, 0.4) is 0 Å². The Balaban J connectivity index is 0.00000400. The molecule has 1 rings (SSSR count). The Hall–Kier alpha value is -1.68. The Bertz CT molecular complexity index is 422. The molecular weight excluding hydrogens is 269 g/mol. The predicted octanol–water partition coefficient (Wildman–Crippen LogP) is 0.167. The highest BCUT2D eigenvalue weighted by atomic mass is 19.0. The first-order chi connectivity index (χ1) is 9.59. The second-order valence-electron chi connectivity index (χ2n) is 5.38. The van der Waals surface area contributed by atoms with E-state index in [4.69, 9.17) is 4.74 Å². The van der Waals surface area contributed by atoms with E-state index in [9.17, 15) is 4.79 Å². The minimum atomic E-state index is -0.331. The highest BCUT2D eigenvalue weighted by molar-refractivity contribution is 5.81. The molecule has 0 saturated heterocycles. The van der Waals surface area contributed by atoms with Crippen LogP contribution in [0.1, 0.15) is 25.3 Å². The van der Waals surface area contributed by atoms with Gasteiger partial charge < -0.3 is 13.9 Å². The number of rotatable bonds is 9. The van der Waals surface area contributed by atoms with Crippen molar-refractivity contribution in [2.75, 3.05) is 26.7 Å². The summed E-state index contributed by atoms with van der Waals surface area (Å²) in [5.41, 5.74) is 1.37. The molecule has 0 aliphatic rings. The molecule has 0 heterocycles. The van der Waals surface area contributed by atoms with Gasteiger partial charge in [-0.05, 0) is 19.8 Å². The van der Waals surface area contributed by atoms with Crippen molar-refractivity contribution in [1.29, 1.82) is 0 Å². The Morgan fingerprint density at radius 1 is 1.29 bits per heavy atom. The lowest BCUT2D eigenvalue weighted by molar-refractivity contribution is -0.921. The van der Waals surface area contributed by atoms with Gasteiger partial charge in [0.15, 0.2) is 0 Å². The van der Waals surface area contributed by atoms with E-state index >= 15 is 0 Å². The molecule has 1 atom stereocenters. The third-order valence-electron chi connectivity index (χ3n) is 3.67. The summed E-state index contributed by atoms with van der Waals surface area (Å²) >= 11 is 0. The normalized spacial score (nSPS) is 12.9. The van der Waals surface area contributed by atoms with Crippen LogP contribution in [-0.2, 0) is 16.1 Å². The summed E-state index contributed by atoms with van der Waals surface area (Å²) in [5.74, 6) is -0.331. The van der Waals surface area contributed by atoms with Crippen LogP contribution in [0.15, 0.2) is 43.0 Å². The van der Waals surface area contributed by atoms with Gasteiger partial charge in [-0.3, -0.25) is 0 Å². The van der Waals surface area contributed by atoms with Gasteiger partial charge in [0.25, 0.3) is 0 Å². The summed E-state index contributed by atoms with van der Waals surface area (Å²) in [5, 5.41) is 0. The van der Waals surface area contributed by atoms with Crippen molar-refractivity contribution in [2.24, 2.45) is 0 Å². The van der Waals surface area contributed by atoms with Gasteiger partial charge in [-0.2, -0.15) is 0 Å². The van der Waals surface area contributed by atoms with Crippen LogP contribution in [-0.4, -0.2) is 37.2 Å². The van der Waals surface area contributed by atoms with Gasteiger partial charge in [0.1, 0.15) is 6.54 Å². The number of benzene rings is 1. The maximum atomic E-state index is 10.9. The average molecular weight is 295 g/mol.